The highest BCUT2D eigenvalue weighted by atomic mass is 32.2. The molecule has 1 fully saturated rings. The lowest BCUT2D eigenvalue weighted by Gasteiger charge is -2.33. The number of pyridine rings is 2. The number of nitrogens with one attached hydrogen (secondary N) is 2. The first-order valence-electron chi connectivity index (χ1n) is 12.1. The molecule has 8 nitrogen and oxygen atoms in total. The molecule has 3 aromatic rings. The van der Waals surface area contributed by atoms with Crippen LogP contribution < -0.4 is 26.7 Å². The van der Waals surface area contributed by atoms with Gasteiger partial charge in [-0.05, 0) is 67.3 Å². The second-order valence-corrected chi connectivity index (χ2v) is 10.4. The first-order chi connectivity index (χ1) is 17.0. The predicted molar refractivity (Wildman–Crippen MR) is 139 cm³/mol. The Bertz CT molecular complexity index is 1290. The number of benzene rings is 1. The van der Waals surface area contributed by atoms with Crippen molar-refractivity contribution in [3.8, 4) is 5.75 Å². The number of aromatic nitrogens is 2. The standard InChI is InChI=1S/C26H31N5O3S/c1-34-20-9-4-17-5-11-25(33)31(22(17)12-20)14-21(27)16-2-6-18(7-3-16)28-13-19-8-10-23-26(29-19)30-24(32)15-35-23/h4-5,8-12,16,18,21,28H,2-3,6-7,13-15,27H2,1H3,(H,29,30,32). The molecule has 1 aliphatic carbocycles. The first-order valence-corrected chi connectivity index (χ1v) is 13.1. The molecule has 184 valence electrons. The van der Waals surface area contributed by atoms with Gasteiger partial charge in [-0.25, -0.2) is 4.98 Å². The Balaban J connectivity index is 1.17. The average molecular weight is 494 g/mol. The molecule has 4 N–H and O–H groups in total. The molecule has 1 atom stereocenters. The van der Waals surface area contributed by atoms with Crippen molar-refractivity contribution in [2.45, 2.75) is 55.8 Å². The van der Waals surface area contributed by atoms with Gasteiger partial charge in [0.25, 0.3) is 5.56 Å². The molecule has 9 heteroatoms. The van der Waals surface area contributed by atoms with Gasteiger partial charge in [0.2, 0.25) is 5.91 Å². The summed E-state index contributed by atoms with van der Waals surface area (Å²) in [6, 6.07) is 13.6. The summed E-state index contributed by atoms with van der Waals surface area (Å²) in [7, 11) is 1.63. The number of hydrogen-bond acceptors (Lipinski definition) is 7. The number of methoxy groups -OCH3 is 1. The minimum absolute atomic E-state index is 0.000305. The summed E-state index contributed by atoms with van der Waals surface area (Å²) in [5.74, 6) is 2.21. The number of amides is 1. The summed E-state index contributed by atoms with van der Waals surface area (Å²) < 4.78 is 7.14. The predicted octanol–water partition coefficient (Wildman–Crippen LogP) is 3.13. The van der Waals surface area contributed by atoms with Gasteiger partial charge in [0.15, 0.2) is 0 Å². The van der Waals surface area contributed by atoms with Crippen LogP contribution in [0.25, 0.3) is 10.9 Å². The summed E-state index contributed by atoms with van der Waals surface area (Å²) in [4.78, 5) is 29.9. The lowest BCUT2D eigenvalue weighted by molar-refractivity contribution is -0.113. The summed E-state index contributed by atoms with van der Waals surface area (Å²) in [6.45, 7) is 1.16. The van der Waals surface area contributed by atoms with E-state index in [1.165, 1.54) is 11.8 Å². The van der Waals surface area contributed by atoms with E-state index in [1.54, 1.807) is 17.7 Å². The lowest BCUT2D eigenvalue weighted by Crippen LogP contribution is -2.42. The zero-order valence-corrected chi connectivity index (χ0v) is 20.6. The molecule has 0 spiro atoms. The Morgan fingerprint density at radius 3 is 2.77 bits per heavy atom. The molecule has 1 unspecified atom stereocenters. The van der Waals surface area contributed by atoms with Gasteiger partial charge in [0.05, 0.1) is 29.0 Å². The van der Waals surface area contributed by atoms with E-state index in [1.807, 2.05) is 36.4 Å². The smallest absolute Gasteiger partial charge is 0.251 e. The fourth-order valence-electron chi connectivity index (χ4n) is 5.05. The second kappa shape index (κ2) is 10.4. The number of fused-ring (bicyclic) bond motifs is 2. The molecule has 1 amide bonds. The van der Waals surface area contributed by atoms with Crippen LogP contribution in [-0.4, -0.2) is 40.4 Å². The number of nitrogens with two attached hydrogens (primary N) is 1. The van der Waals surface area contributed by atoms with E-state index >= 15 is 0 Å². The zero-order valence-electron chi connectivity index (χ0n) is 19.8. The molecule has 2 aliphatic rings. The maximum atomic E-state index is 12.7. The van der Waals surface area contributed by atoms with E-state index in [0.29, 0.717) is 36.6 Å². The average Bonchev–Trinajstić information content (AvgIpc) is 2.88. The zero-order chi connectivity index (χ0) is 24.4. The Morgan fingerprint density at radius 1 is 1.17 bits per heavy atom. The van der Waals surface area contributed by atoms with Gasteiger partial charge in [-0.15, -0.1) is 11.8 Å². The van der Waals surface area contributed by atoms with Gasteiger partial charge >= 0.3 is 0 Å². The van der Waals surface area contributed by atoms with Crippen LogP contribution in [0.2, 0.25) is 0 Å². The summed E-state index contributed by atoms with van der Waals surface area (Å²) in [5.41, 5.74) is 8.38. The minimum Gasteiger partial charge on any atom is -0.497 e. The Morgan fingerprint density at radius 2 is 1.97 bits per heavy atom. The number of carbonyl (C=O) groups is 1. The fraction of sp³-hybridized carbons (Fsp3) is 0.423. The van der Waals surface area contributed by atoms with Crippen LogP contribution in [-0.2, 0) is 17.9 Å². The molecule has 0 bridgehead atoms. The summed E-state index contributed by atoms with van der Waals surface area (Å²) >= 11 is 1.52. The van der Waals surface area contributed by atoms with Crippen LogP contribution >= 0.6 is 11.8 Å². The highest BCUT2D eigenvalue weighted by molar-refractivity contribution is 8.00. The molecule has 2 aromatic heterocycles. The van der Waals surface area contributed by atoms with E-state index in [0.717, 1.165) is 52.9 Å². The third-order valence-corrected chi connectivity index (χ3v) is 8.12. The number of ether oxygens (including phenoxy) is 1. The molecule has 0 radical (unpaired) electrons. The molecule has 1 aromatic carbocycles. The van der Waals surface area contributed by atoms with Crippen molar-refractivity contribution in [3.63, 3.8) is 0 Å². The van der Waals surface area contributed by atoms with Crippen LogP contribution in [0, 0.1) is 5.92 Å². The van der Waals surface area contributed by atoms with Gasteiger partial charge in [0.1, 0.15) is 11.6 Å². The molecule has 3 heterocycles. The van der Waals surface area contributed by atoms with Gasteiger partial charge in [0, 0.05) is 37.3 Å². The van der Waals surface area contributed by atoms with E-state index in [4.69, 9.17) is 10.5 Å². The van der Waals surface area contributed by atoms with Crippen LogP contribution in [0.3, 0.4) is 0 Å². The fourth-order valence-corrected chi connectivity index (χ4v) is 5.80. The normalized spacial score (nSPS) is 20.8. The highest BCUT2D eigenvalue weighted by Gasteiger charge is 2.26. The van der Waals surface area contributed by atoms with E-state index in [-0.39, 0.29) is 17.5 Å². The highest BCUT2D eigenvalue weighted by Crippen LogP contribution is 2.30. The number of thioether (sulfide) groups is 1. The van der Waals surface area contributed by atoms with Gasteiger partial charge in [-0.3, -0.25) is 9.59 Å². The van der Waals surface area contributed by atoms with Crippen molar-refractivity contribution in [2.24, 2.45) is 11.7 Å². The maximum Gasteiger partial charge on any atom is 0.251 e. The first kappa shape index (κ1) is 23.8. The molecular weight excluding hydrogens is 462 g/mol. The number of anilines is 1. The Labute approximate surface area is 208 Å². The lowest BCUT2D eigenvalue weighted by atomic mass is 9.81. The number of carbonyl (C=O) groups excluding carboxylic acids is 1. The van der Waals surface area contributed by atoms with E-state index < -0.39 is 0 Å². The largest absolute Gasteiger partial charge is 0.497 e. The quantitative estimate of drug-likeness (QED) is 0.464. The van der Waals surface area contributed by atoms with Crippen molar-refractivity contribution in [1.29, 1.82) is 0 Å². The molecule has 5 rings (SSSR count). The SMILES string of the molecule is COc1ccc2ccc(=O)n(CC(N)C3CCC(NCc4ccc5c(n4)NC(=O)CS5)CC3)c2c1. The van der Waals surface area contributed by atoms with Crippen LogP contribution in [0.5, 0.6) is 5.75 Å². The number of hydrogen-bond donors (Lipinski definition) is 3. The van der Waals surface area contributed by atoms with Crippen molar-refractivity contribution >= 4 is 34.4 Å². The number of nitrogens with zero attached hydrogens (tertiary/aromatic N) is 2. The third-order valence-electron chi connectivity index (χ3n) is 7.07. The van der Waals surface area contributed by atoms with Crippen molar-refractivity contribution < 1.29 is 9.53 Å². The third kappa shape index (κ3) is 5.37. The summed E-state index contributed by atoms with van der Waals surface area (Å²) in [6.07, 6.45) is 4.11. The van der Waals surface area contributed by atoms with E-state index in [2.05, 4.69) is 15.6 Å². The van der Waals surface area contributed by atoms with Crippen molar-refractivity contribution in [2.75, 3.05) is 18.2 Å². The molecule has 1 aliphatic heterocycles. The van der Waals surface area contributed by atoms with Crippen LogP contribution in [0.4, 0.5) is 5.82 Å². The van der Waals surface area contributed by atoms with E-state index in [9.17, 15) is 9.59 Å². The molecule has 1 saturated carbocycles. The van der Waals surface area contributed by atoms with Crippen molar-refractivity contribution in [1.82, 2.24) is 14.9 Å². The topological polar surface area (TPSA) is 111 Å². The van der Waals surface area contributed by atoms with Gasteiger partial charge < -0.3 is 25.7 Å². The second-order valence-electron chi connectivity index (χ2n) is 9.35. The van der Waals surface area contributed by atoms with Gasteiger partial charge in [-0.1, -0.05) is 0 Å². The number of rotatable bonds is 7. The minimum atomic E-state index is -0.0890. The molecular formula is C26H31N5O3S. The Kier molecular flexibility index (Phi) is 7.08. The van der Waals surface area contributed by atoms with Crippen LogP contribution in [0.1, 0.15) is 31.4 Å². The molecule has 0 saturated heterocycles. The molecule has 35 heavy (non-hydrogen) atoms. The summed E-state index contributed by atoms with van der Waals surface area (Å²) in [5, 5.41) is 7.47. The van der Waals surface area contributed by atoms with Gasteiger partial charge in [-0.2, -0.15) is 0 Å². The Hall–Kier alpha value is -2.88. The maximum absolute atomic E-state index is 12.7. The van der Waals surface area contributed by atoms with Crippen LogP contribution in [0.15, 0.2) is 52.2 Å². The monoisotopic (exact) mass is 493 g/mol. The van der Waals surface area contributed by atoms with Crippen molar-refractivity contribution in [3.05, 3.63) is 58.5 Å².